The van der Waals surface area contributed by atoms with E-state index < -0.39 is 21.8 Å². The molecule has 2 aromatic carbocycles. The molecule has 2 heterocycles. The number of halogens is 3. The predicted molar refractivity (Wildman–Crippen MR) is 132 cm³/mol. The monoisotopic (exact) mass is 535 g/mol. The number of rotatable bonds is 7. The van der Waals surface area contributed by atoms with Crippen molar-refractivity contribution < 1.29 is 31.2 Å². The largest absolute Gasteiger partial charge is 0.416 e. The van der Waals surface area contributed by atoms with Gasteiger partial charge in [0, 0.05) is 43.7 Å². The van der Waals surface area contributed by atoms with Gasteiger partial charge in [-0.3, -0.25) is 9.59 Å². The number of hydrogen-bond acceptors (Lipinski definition) is 4. The van der Waals surface area contributed by atoms with Crippen molar-refractivity contribution in [1.29, 1.82) is 0 Å². The molecule has 0 spiro atoms. The van der Waals surface area contributed by atoms with Crippen LogP contribution in [0.5, 0.6) is 0 Å². The van der Waals surface area contributed by atoms with Crippen molar-refractivity contribution in [3.63, 3.8) is 0 Å². The summed E-state index contributed by atoms with van der Waals surface area (Å²) in [5, 5.41) is 0.856. The average Bonchev–Trinajstić information content (AvgIpc) is 3.35. The molecule has 0 aliphatic carbocycles. The van der Waals surface area contributed by atoms with Gasteiger partial charge in [0.1, 0.15) is 0 Å². The number of fused-ring (bicyclic) bond motifs is 1. The van der Waals surface area contributed by atoms with E-state index in [0.717, 1.165) is 28.7 Å². The summed E-state index contributed by atoms with van der Waals surface area (Å²) in [6, 6.07) is 10.4. The Morgan fingerprint density at radius 2 is 1.78 bits per heavy atom. The number of hydrogen-bond donors (Lipinski definition) is 1. The number of nitrogens with one attached hydrogen (secondary N) is 1. The third kappa shape index (κ3) is 6.58. The number of amides is 2. The summed E-state index contributed by atoms with van der Waals surface area (Å²) < 4.78 is 64.4. The maximum absolute atomic E-state index is 13.0. The molecule has 1 N–H and O–H groups in total. The molecule has 1 fully saturated rings. The summed E-state index contributed by atoms with van der Waals surface area (Å²) in [4.78, 5) is 29.0. The Morgan fingerprint density at radius 1 is 1.05 bits per heavy atom. The van der Waals surface area contributed by atoms with E-state index in [2.05, 4.69) is 11.3 Å². The number of nitrogens with zero attached hydrogens (tertiary/aromatic N) is 2. The van der Waals surface area contributed by atoms with Crippen molar-refractivity contribution in [1.82, 2.24) is 14.5 Å². The molecule has 1 atom stereocenters. The molecule has 4 rings (SSSR count). The summed E-state index contributed by atoms with van der Waals surface area (Å²) >= 11 is 0. The van der Waals surface area contributed by atoms with Crippen LogP contribution in [0.15, 0.2) is 54.5 Å². The normalized spacial score (nSPS) is 18.0. The van der Waals surface area contributed by atoms with E-state index in [4.69, 9.17) is 0 Å². The van der Waals surface area contributed by atoms with Gasteiger partial charge in [-0.15, -0.1) is 0 Å². The van der Waals surface area contributed by atoms with Crippen LogP contribution < -0.4 is 4.72 Å². The lowest BCUT2D eigenvalue weighted by molar-refractivity contribution is -0.138. The molecule has 2 aromatic rings. The van der Waals surface area contributed by atoms with Crippen LogP contribution in [0, 0.1) is 5.92 Å². The number of alkyl halides is 3. The van der Waals surface area contributed by atoms with E-state index in [0.29, 0.717) is 43.6 Å². The molecule has 2 aliphatic rings. The highest BCUT2D eigenvalue weighted by atomic mass is 32.2. The Labute approximate surface area is 214 Å². The zero-order chi connectivity index (χ0) is 26.8. The minimum absolute atomic E-state index is 0.0188. The Bertz CT molecular complexity index is 1290. The Hall–Kier alpha value is -3.18. The van der Waals surface area contributed by atoms with Gasteiger partial charge in [-0.05, 0) is 59.7 Å². The van der Waals surface area contributed by atoms with E-state index in [1.54, 1.807) is 34.1 Å². The fraction of sp³-hybridized carbons (Fsp3) is 0.385. The first-order valence-corrected chi connectivity index (χ1v) is 13.5. The maximum atomic E-state index is 13.0. The number of carbonyl (C=O) groups excluding carboxylic acids is 2. The van der Waals surface area contributed by atoms with Gasteiger partial charge in [-0.1, -0.05) is 24.8 Å². The Morgan fingerprint density at radius 3 is 2.46 bits per heavy atom. The standard InChI is InChI=1S/C26H28F3N3O4S/c1-2-37(35,36)30-15-19-9-11-32(16-19)25(34)20-5-3-18(4-6-20)13-24(33)31-12-10-21-14-23(26(27,28)29)8-7-22(21)17-31/h2-8,14,19,30H,1,9-13,15-17H2/t19-/m0/s1. The Balaban J connectivity index is 1.30. The van der Waals surface area contributed by atoms with Gasteiger partial charge in [0.15, 0.2) is 0 Å². The second kappa shape index (κ2) is 10.7. The fourth-order valence-electron chi connectivity index (χ4n) is 4.65. The van der Waals surface area contributed by atoms with Gasteiger partial charge < -0.3 is 9.80 Å². The summed E-state index contributed by atoms with van der Waals surface area (Å²) in [6.07, 6.45) is -3.21. The first kappa shape index (κ1) is 26.9. The predicted octanol–water partition coefficient (Wildman–Crippen LogP) is 3.36. The third-order valence-electron chi connectivity index (χ3n) is 6.82. The van der Waals surface area contributed by atoms with Crippen molar-refractivity contribution in [3.8, 4) is 0 Å². The molecule has 0 saturated carbocycles. The molecule has 2 amide bonds. The van der Waals surface area contributed by atoms with Gasteiger partial charge in [0.05, 0.1) is 12.0 Å². The molecule has 2 aliphatic heterocycles. The second-order valence-electron chi connectivity index (χ2n) is 9.39. The number of benzene rings is 2. The van der Waals surface area contributed by atoms with Crippen LogP contribution in [0.25, 0.3) is 0 Å². The lowest BCUT2D eigenvalue weighted by Crippen LogP contribution is -2.37. The lowest BCUT2D eigenvalue weighted by atomic mass is 9.96. The summed E-state index contributed by atoms with van der Waals surface area (Å²) in [6.45, 7) is 5.09. The molecule has 0 unspecified atom stereocenters. The molecule has 0 radical (unpaired) electrons. The van der Waals surface area contributed by atoms with Crippen LogP contribution in [0.4, 0.5) is 13.2 Å². The fourth-order valence-corrected chi connectivity index (χ4v) is 5.24. The average molecular weight is 536 g/mol. The van der Waals surface area contributed by atoms with Gasteiger partial charge >= 0.3 is 6.18 Å². The molecular weight excluding hydrogens is 507 g/mol. The molecule has 7 nitrogen and oxygen atoms in total. The molecule has 0 bridgehead atoms. The second-order valence-corrected chi connectivity index (χ2v) is 11.1. The lowest BCUT2D eigenvalue weighted by Gasteiger charge is -2.29. The van der Waals surface area contributed by atoms with E-state index in [1.807, 2.05) is 0 Å². The summed E-state index contributed by atoms with van der Waals surface area (Å²) in [5.74, 6) is -0.267. The smallest absolute Gasteiger partial charge is 0.338 e. The summed E-state index contributed by atoms with van der Waals surface area (Å²) in [5.41, 5.74) is 1.87. The van der Waals surface area contributed by atoms with E-state index in [-0.39, 0.29) is 37.2 Å². The number of likely N-dealkylation sites (tertiary alicyclic amines) is 1. The van der Waals surface area contributed by atoms with E-state index in [9.17, 15) is 31.2 Å². The van der Waals surface area contributed by atoms with Gasteiger partial charge in [-0.25, -0.2) is 13.1 Å². The third-order valence-corrected chi connectivity index (χ3v) is 7.83. The van der Waals surface area contributed by atoms with Crippen molar-refractivity contribution in [2.24, 2.45) is 5.92 Å². The minimum atomic E-state index is -4.39. The molecule has 1 saturated heterocycles. The SMILES string of the molecule is C=CS(=O)(=O)NC[C@@H]1CCN(C(=O)c2ccc(CC(=O)N3CCc4cc(C(F)(F)F)ccc4C3)cc2)C1. The number of sulfonamides is 1. The quantitative estimate of drug-likeness (QED) is 0.589. The minimum Gasteiger partial charge on any atom is -0.338 e. The van der Waals surface area contributed by atoms with Gasteiger partial charge in [-0.2, -0.15) is 13.2 Å². The Kier molecular flexibility index (Phi) is 7.75. The van der Waals surface area contributed by atoms with Crippen LogP contribution in [0.1, 0.15) is 39.0 Å². The van der Waals surface area contributed by atoms with E-state index in [1.165, 1.54) is 6.07 Å². The first-order chi connectivity index (χ1) is 17.4. The van der Waals surface area contributed by atoms with Crippen molar-refractivity contribution in [2.75, 3.05) is 26.2 Å². The zero-order valence-electron chi connectivity index (χ0n) is 20.1. The van der Waals surface area contributed by atoms with E-state index >= 15 is 0 Å². The molecule has 198 valence electrons. The van der Waals surface area contributed by atoms with Crippen LogP contribution in [-0.2, 0) is 40.4 Å². The highest BCUT2D eigenvalue weighted by Crippen LogP contribution is 2.32. The first-order valence-electron chi connectivity index (χ1n) is 11.9. The molecular formula is C26H28F3N3O4S. The van der Waals surface area contributed by atoms with Crippen LogP contribution in [0.2, 0.25) is 0 Å². The van der Waals surface area contributed by atoms with Crippen molar-refractivity contribution >= 4 is 21.8 Å². The zero-order valence-corrected chi connectivity index (χ0v) is 20.9. The van der Waals surface area contributed by atoms with Gasteiger partial charge in [0.25, 0.3) is 5.91 Å². The number of carbonyl (C=O) groups is 2. The topological polar surface area (TPSA) is 86.8 Å². The van der Waals surface area contributed by atoms with Crippen molar-refractivity contribution in [3.05, 3.63) is 82.3 Å². The summed E-state index contributed by atoms with van der Waals surface area (Å²) in [7, 11) is -3.50. The van der Waals surface area contributed by atoms with Crippen LogP contribution >= 0.6 is 0 Å². The highest BCUT2D eigenvalue weighted by Gasteiger charge is 2.32. The molecule has 11 heteroatoms. The highest BCUT2D eigenvalue weighted by molar-refractivity contribution is 7.92. The van der Waals surface area contributed by atoms with Crippen LogP contribution in [0.3, 0.4) is 0 Å². The molecule has 37 heavy (non-hydrogen) atoms. The van der Waals surface area contributed by atoms with Crippen LogP contribution in [-0.4, -0.2) is 56.2 Å². The van der Waals surface area contributed by atoms with Crippen molar-refractivity contribution in [2.45, 2.75) is 32.0 Å². The molecule has 0 aromatic heterocycles. The van der Waals surface area contributed by atoms with Gasteiger partial charge in [0.2, 0.25) is 15.9 Å². The maximum Gasteiger partial charge on any atom is 0.416 e.